The maximum Gasteiger partial charge on any atom is 0.254 e. The first-order valence-electron chi connectivity index (χ1n) is 8.94. The van der Waals surface area contributed by atoms with Crippen molar-refractivity contribution in [2.24, 2.45) is 0 Å². The van der Waals surface area contributed by atoms with Crippen LogP contribution >= 0.6 is 12.2 Å². The zero-order valence-corrected chi connectivity index (χ0v) is 16.1. The summed E-state index contributed by atoms with van der Waals surface area (Å²) in [7, 11) is 0. The molecule has 2 aromatic carbocycles. The van der Waals surface area contributed by atoms with Crippen molar-refractivity contribution in [3.8, 4) is 0 Å². The lowest BCUT2D eigenvalue weighted by molar-refractivity contribution is -0.115. The number of amides is 2. The number of carbonyl (C=O) groups excluding carboxylic acids is 2. The molecule has 2 amide bonds. The van der Waals surface area contributed by atoms with Gasteiger partial charge in [0.25, 0.3) is 5.91 Å². The van der Waals surface area contributed by atoms with Crippen molar-refractivity contribution in [1.29, 1.82) is 0 Å². The number of anilines is 1. The van der Waals surface area contributed by atoms with Crippen LogP contribution in [-0.4, -0.2) is 48.1 Å². The molecule has 0 saturated carbocycles. The van der Waals surface area contributed by atoms with Gasteiger partial charge in [0.15, 0.2) is 5.11 Å². The summed E-state index contributed by atoms with van der Waals surface area (Å²) in [4.78, 5) is 26.2. The van der Waals surface area contributed by atoms with E-state index >= 15 is 0 Å². The molecular formula is C21H21N3O3S. The number of benzene rings is 2. The Hall–Kier alpha value is -3.03. The average Bonchev–Trinajstić information content (AvgIpc) is 2.73. The molecule has 1 heterocycles. The van der Waals surface area contributed by atoms with Crippen molar-refractivity contribution >= 4 is 40.9 Å². The van der Waals surface area contributed by atoms with Gasteiger partial charge in [-0.25, -0.2) is 0 Å². The highest BCUT2D eigenvalue weighted by Crippen LogP contribution is 2.12. The topological polar surface area (TPSA) is 70.7 Å². The first kappa shape index (κ1) is 19.7. The van der Waals surface area contributed by atoms with E-state index in [-0.39, 0.29) is 16.9 Å². The van der Waals surface area contributed by atoms with Crippen LogP contribution in [-0.2, 0) is 9.53 Å². The van der Waals surface area contributed by atoms with Gasteiger partial charge in [0.1, 0.15) is 0 Å². The van der Waals surface area contributed by atoms with E-state index in [1.807, 2.05) is 30.3 Å². The Morgan fingerprint density at radius 3 is 2.36 bits per heavy atom. The summed E-state index contributed by atoms with van der Waals surface area (Å²) in [5.41, 5.74) is 2.22. The summed E-state index contributed by atoms with van der Waals surface area (Å²) in [5, 5.41) is 5.72. The van der Waals surface area contributed by atoms with Crippen LogP contribution in [0.15, 0.2) is 60.7 Å². The van der Waals surface area contributed by atoms with Gasteiger partial charge >= 0.3 is 0 Å². The summed E-state index contributed by atoms with van der Waals surface area (Å²) in [5.74, 6) is -0.336. The zero-order valence-electron chi connectivity index (χ0n) is 15.3. The Morgan fingerprint density at radius 1 is 1.00 bits per heavy atom. The molecule has 3 rings (SSSR count). The minimum Gasteiger partial charge on any atom is -0.378 e. The monoisotopic (exact) mass is 395 g/mol. The Bertz CT molecular complexity index is 860. The minimum atomic E-state index is -0.319. The quantitative estimate of drug-likeness (QED) is 0.615. The van der Waals surface area contributed by atoms with Crippen LogP contribution in [0.1, 0.15) is 15.9 Å². The van der Waals surface area contributed by atoms with E-state index in [2.05, 4.69) is 10.6 Å². The maximum absolute atomic E-state index is 12.4. The Morgan fingerprint density at radius 2 is 1.68 bits per heavy atom. The van der Waals surface area contributed by atoms with Gasteiger partial charge in [-0.2, -0.15) is 0 Å². The van der Waals surface area contributed by atoms with Gasteiger partial charge in [-0.1, -0.05) is 30.3 Å². The Kier molecular flexibility index (Phi) is 6.89. The fraction of sp³-hybridized carbons (Fsp3) is 0.190. The summed E-state index contributed by atoms with van der Waals surface area (Å²) in [6, 6.07) is 16.5. The van der Waals surface area contributed by atoms with Gasteiger partial charge in [0, 0.05) is 30.4 Å². The normalized spacial score (nSPS) is 13.9. The highest BCUT2D eigenvalue weighted by atomic mass is 32.1. The lowest BCUT2D eigenvalue weighted by atomic mass is 10.1. The number of morpholine rings is 1. The number of ether oxygens (including phenoxy) is 1. The minimum absolute atomic E-state index is 0.0169. The highest BCUT2D eigenvalue weighted by Gasteiger charge is 2.18. The molecule has 2 N–H and O–H groups in total. The molecule has 144 valence electrons. The summed E-state index contributed by atoms with van der Waals surface area (Å²) in [6.45, 7) is 2.34. The number of hydrogen-bond acceptors (Lipinski definition) is 4. The number of hydrogen-bond donors (Lipinski definition) is 2. The molecule has 0 unspecified atom stereocenters. The fourth-order valence-electron chi connectivity index (χ4n) is 2.70. The second-order valence-corrected chi connectivity index (χ2v) is 6.58. The molecule has 1 fully saturated rings. The van der Waals surface area contributed by atoms with E-state index in [0.717, 1.165) is 5.56 Å². The highest BCUT2D eigenvalue weighted by molar-refractivity contribution is 7.80. The van der Waals surface area contributed by atoms with Gasteiger partial charge in [-0.05, 0) is 48.1 Å². The fourth-order valence-corrected chi connectivity index (χ4v) is 2.92. The van der Waals surface area contributed by atoms with Crippen molar-refractivity contribution in [2.45, 2.75) is 0 Å². The van der Waals surface area contributed by atoms with Crippen molar-refractivity contribution in [3.63, 3.8) is 0 Å². The average molecular weight is 395 g/mol. The van der Waals surface area contributed by atoms with Crippen LogP contribution < -0.4 is 10.6 Å². The lowest BCUT2D eigenvalue weighted by Gasteiger charge is -2.26. The molecule has 1 aliphatic rings. The van der Waals surface area contributed by atoms with Gasteiger partial charge in [-0.3, -0.25) is 14.9 Å². The molecule has 28 heavy (non-hydrogen) atoms. The van der Waals surface area contributed by atoms with E-state index in [4.69, 9.17) is 17.0 Å². The van der Waals surface area contributed by atoms with Crippen LogP contribution in [0.5, 0.6) is 0 Å². The summed E-state index contributed by atoms with van der Waals surface area (Å²) in [6.07, 6.45) is 3.14. The molecule has 2 aromatic rings. The van der Waals surface area contributed by atoms with Crippen LogP contribution in [0.3, 0.4) is 0 Å². The van der Waals surface area contributed by atoms with Crippen molar-refractivity contribution < 1.29 is 14.3 Å². The molecule has 7 heteroatoms. The first-order chi connectivity index (χ1) is 13.6. The van der Waals surface area contributed by atoms with Crippen molar-refractivity contribution in [1.82, 2.24) is 10.2 Å². The number of rotatable bonds is 4. The van der Waals surface area contributed by atoms with Crippen LogP contribution in [0.4, 0.5) is 5.69 Å². The molecule has 0 aromatic heterocycles. The molecule has 0 spiro atoms. The standard InChI is InChI=1S/C21H21N3O3S/c25-19(11-6-16-4-2-1-3-5-16)23-21(28)22-18-9-7-17(8-10-18)20(26)24-12-14-27-15-13-24/h1-11H,12-15H2,(H2,22,23,25,28)/b11-6+. The second-order valence-electron chi connectivity index (χ2n) is 6.17. The molecular weight excluding hydrogens is 374 g/mol. The predicted molar refractivity (Wildman–Crippen MR) is 113 cm³/mol. The predicted octanol–water partition coefficient (Wildman–Crippen LogP) is 2.69. The van der Waals surface area contributed by atoms with E-state index in [9.17, 15) is 9.59 Å². The van der Waals surface area contributed by atoms with Crippen LogP contribution in [0.25, 0.3) is 6.08 Å². The first-order valence-corrected chi connectivity index (χ1v) is 9.35. The number of thiocarbonyl (C=S) groups is 1. The third kappa shape index (κ3) is 5.73. The van der Waals surface area contributed by atoms with Gasteiger partial charge < -0.3 is 15.0 Å². The van der Waals surface area contributed by atoms with Gasteiger partial charge in [-0.15, -0.1) is 0 Å². The molecule has 6 nitrogen and oxygen atoms in total. The molecule has 0 radical (unpaired) electrons. The van der Waals surface area contributed by atoms with E-state index < -0.39 is 0 Å². The summed E-state index contributed by atoms with van der Waals surface area (Å²) < 4.78 is 5.27. The SMILES string of the molecule is O=C(/C=C/c1ccccc1)NC(=S)Nc1ccc(C(=O)N2CCOCC2)cc1. The molecule has 1 aliphatic heterocycles. The second kappa shape index (κ2) is 9.77. The largest absolute Gasteiger partial charge is 0.378 e. The molecule has 0 atom stereocenters. The van der Waals surface area contributed by atoms with Crippen LogP contribution in [0.2, 0.25) is 0 Å². The van der Waals surface area contributed by atoms with E-state index in [1.54, 1.807) is 35.2 Å². The smallest absolute Gasteiger partial charge is 0.254 e. The maximum atomic E-state index is 12.4. The van der Waals surface area contributed by atoms with E-state index in [1.165, 1.54) is 6.08 Å². The van der Waals surface area contributed by atoms with Crippen molar-refractivity contribution in [3.05, 3.63) is 71.8 Å². The third-order valence-electron chi connectivity index (χ3n) is 4.15. The molecule has 1 saturated heterocycles. The van der Waals surface area contributed by atoms with Crippen molar-refractivity contribution in [2.75, 3.05) is 31.6 Å². The summed E-state index contributed by atoms with van der Waals surface area (Å²) >= 11 is 5.16. The Labute approximate surface area is 169 Å². The lowest BCUT2D eigenvalue weighted by Crippen LogP contribution is -2.40. The number of nitrogens with zero attached hydrogens (tertiary/aromatic N) is 1. The van der Waals surface area contributed by atoms with Gasteiger partial charge in [0.2, 0.25) is 5.91 Å². The molecule has 0 aliphatic carbocycles. The van der Waals surface area contributed by atoms with Gasteiger partial charge in [0.05, 0.1) is 13.2 Å². The molecule has 0 bridgehead atoms. The third-order valence-corrected chi connectivity index (χ3v) is 4.36. The zero-order chi connectivity index (χ0) is 19.8. The Balaban J connectivity index is 1.50. The number of nitrogens with one attached hydrogen (secondary N) is 2. The van der Waals surface area contributed by atoms with E-state index in [0.29, 0.717) is 37.6 Å². The number of carbonyl (C=O) groups is 2. The van der Waals surface area contributed by atoms with Crippen LogP contribution in [0, 0.1) is 0 Å².